The van der Waals surface area contributed by atoms with E-state index >= 15 is 0 Å². The van der Waals surface area contributed by atoms with E-state index < -0.39 is 23.6 Å². The highest BCUT2D eigenvalue weighted by atomic mass is 16.3. The summed E-state index contributed by atoms with van der Waals surface area (Å²) in [4.78, 5) is 49.9. The number of carbonyl (C=O) groups excluding carboxylic acids is 3. The van der Waals surface area contributed by atoms with E-state index in [-0.39, 0.29) is 30.3 Å². The van der Waals surface area contributed by atoms with Crippen molar-refractivity contribution in [2.45, 2.75) is 70.8 Å². The van der Waals surface area contributed by atoms with Crippen molar-refractivity contribution < 1.29 is 19.5 Å². The quantitative estimate of drug-likeness (QED) is 0.651. The molecule has 29 heavy (non-hydrogen) atoms. The molecule has 2 fully saturated rings. The molecule has 158 valence electrons. The van der Waals surface area contributed by atoms with Gasteiger partial charge in [0.2, 0.25) is 11.8 Å². The number of aliphatic hydroxyl groups excluding tert-OH is 1. The Labute approximate surface area is 170 Å². The van der Waals surface area contributed by atoms with Crippen LogP contribution < -0.4 is 5.32 Å². The zero-order valence-electron chi connectivity index (χ0n) is 17.3. The molecular weight excluding hydrogens is 374 g/mol. The molecule has 1 aromatic rings. The van der Waals surface area contributed by atoms with Crippen LogP contribution in [-0.4, -0.2) is 72.9 Å². The van der Waals surface area contributed by atoms with Gasteiger partial charge >= 0.3 is 0 Å². The van der Waals surface area contributed by atoms with E-state index in [0.29, 0.717) is 18.8 Å². The first-order valence-electron chi connectivity index (χ1n) is 10.1. The van der Waals surface area contributed by atoms with Crippen molar-refractivity contribution in [1.82, 2.24) is 25.1 Å². The second-order valence-electron chi connectivity index (χ2n) is 8.13. The van der Waals surface area contributed by atoms with Gasteiger partial charge in [0.1, 0.15) is 17.4 Å². The fourth-order valence-electron chi connectivity index (χ4n) is 4.50. The lowest BCUT2D eigenvalue weighted by Gasteiger charge is -2.59. The molecule has 3 amide bonds. The van der Waals surface area contributed by atoms with Gasteiger partial charge in [0.05, 0.1) is 18.7 Å². The summed E-state index contributed by atoms with van der Waals surface area (Å²) in [6, 6.07) is 0.275. The summed E-state index contributed by atoms with van der Waals surface area (Å²) in [6.45, 7) is 7.60. The maximum Gasteiger partial charge on any atom is 0.251 e. The number of nitrogens with one attached hydrogen (secondary N) is 1. The van der Waals surface area contributed by atoms with Crippen LogP contribution in [0.15, 0.2) is 18.5 Å². The van der Waals surface area contributed by atoms with Gasteiger partial charge in [-0.25, -0.2) is 9.97 Å². The fourth-order valence-corrected chi connectivity index (χ4v) is 4.50. The molecular formula is C20H29N5O4. The Morgan fingerprint density at radius 3 is 2.52 bits per heavy atom. The highest BCUT2D eigenvalue weighted by Gasteiger charge is 2.67. The molecule has 0 radical (unpaired) electrons. The van der Waals surface area contributed by atoms with E-state index in [0.717, 1.165) is 6.42 Å². The maximum absolute atomic E-state index is 13.3. The summed E-state index contributed by atoms with van der Waals surface area (Å²) in [5, 5.41) is 13.0. The summed E-state index contributed by atoms with van der Waals surface area (Å²) in [5.41, 5.74) is -0.905. The highest BCUT2D eigenvalue weighted by Crippen LogP contribution is 2.46. The summed E-state index contributed by atoms with van der Waals surface area (Å²) in [6.07, 6.45) is 3.41. The molecule has 1 aromatic heterocycles. The van der Waals surface area contributed by atoms with Gasteiger partial charge in [0, 0.05) is 24.9 Å². The molecule has 0 saturated carbocycles. The molecule has 2 saturated heterocycles. The number of aliphatic hydroxyl groups is 1. The Kier molecular flexibility index (Phi) is 5.88. The monoisotopic (exact) mass is 403 g/mol. The third-order valence-electron chi connectivity index (χ3n) is 5.96. The Morgan fingerprint density at radius 1 is 1.31 bits per heavy atom. The summed E-state index contributed by atoms with van der Waals surface area (Å²) >= 11 is 0. The van der Waals surface area contributed by atoms with Gasteiger partial charge in [-0.2, -0.15) is 0 Å². The van der Waals surface area contributed by atoms with Crippen molar-refractivity contribution in [2.75, 3.05) is 6.54 Å². The molecule has 2 aliphatic heterocycles. The lowest BCUT2D eigenvalue weighted by molar-refractivity contribution is -0.188. The van der Waals surface area contributed by atoms with Gasteiger partial charge in [-0.3, -0.25) is 14.4 Å². The number of amides is 3. The van der Waals surface area contributed by atoms with Crippen LogP contribution in [-0.2, 0) is 20.9 Å². The minimum Gasteiger partial charge on any atom is -0.391 e. The first-order valence-corrected chi connectivity index (χ1v) is 10.1. The smallest absolute Gasteiger partial charge is 0.251 e. The minimum atomic E-state index is -1.06. The molecule has 3 rings (SSSR count). The van der Waals surface area contributed by atoms with Crippen LogP contribution in [0, 0.1) is 5.92 Å². The molecule has 0 bridgehead atoms. The normalized spacial score (nSPS) is 25.9. The highest BCUT2D eigenvalue weighted by molar-refractivity contribution is 6.01. The molecule has 0 aromatic carbocycles. The predicted molar refractivity (Wildman–Crippen MR) is 104 cm³/mol. The van der Waals surface area contributed by atoms with Crippen molar-refractivity contribution in [1.29, 1.82) is 0 Å². The lowest BCUT2D eigenvalue weighted by atomic mass is 9.75. The third kappa shape index (κ3) is 3.48. The van der Waals surface area contributed by atoms with Gasteiger partial charge < -0.3 is 20.2 Å². The van der Waals surface area contributed by atoms with Crippen LogP contribution in [0.3, 0.4) is 0 Å². The Morgan fingerprint density at radius 2 is 1.97 bits per heavy atom. The number of nitrogens with zero attached hydrogens (tertiary/aromatic N) is 4. The molecule has 2 N–H and O–H groups in total. The second kappa shape index (κ2) is 8.06. The number of rotatable bonds is 6. The van der Waals surface area contributed by atoms with Crippen LogP contribution in [0.5, 0.6) is 0 Å². The van der Waals surface area contributed by atoms with Gasteiger partial charge in [0.15, 0.2) is 0 Å². The van der Waals surface area contributed by atoms with Gasteiger partial charge in [-0.1, -0.05) is 13.8 Å². The molecule has 4 unspecified atom stereocenters. The fraction of sp³-hybridized carbons (Fsp3) is 0.650. The van der Waals surface area contributed by atoms with Gasteiger partial charge in [-0.15, -0.1) is 0 Å². The SMILES string of the molecule is CC(C)C(=O)N1CCCC12C(=O)N(C(C(=O)NCc1ncccn1)C(C)O)C2C. The van der Waals surface area contributed by atoms with Crippen LogP contribution >= 0.6 is 0 Å². The molecule has 0 aliphatic carbocycles. The molecule has 2 aliphatic rings. The Hall–Kier alpha value is -2.55. The lowest BCUT2D eigenvalue weighted by Crippen LogP contribution is -2.81. The molecule has 9 heteroatoms. The number of carbonyl (C=O) groups is 3. The van der Waals surface area contributed by atoms with Crippen LogP contribution in [0.4, 0.5) is 0 Å². The van der Waals surface area contributed by atoms with Crippen LogP contribution in [0.2, 0.25) is 0 Å². The molecule has 4 atom stereocenters. The number of hydrogen-bond acceptors (Lipinski definition) is 6. The first-order chi connectivity index (χ1) is 13.7. The largest absolute Gasteiger partial charge is 0.391 e. The average Bonchev–Trinajstić information content (AvgIpc) is 3.17. The summed E-state index contributed by atoms with van der Waals surface area (Å²) < 4.78 is 0. The van der Waals surface area contributed by atoms with E-state index in [1.54, 1.807) is 23.4 Å². The van der Waals surface area contributed by atoms with Crippen molar-refractivity contribution in [3.63, 3.8) is 0 Å². The summed E-state index contributed by atoms with van der Waals surface area (Å²) in [7, 11) is 0. The topological polar surface area (TPSA) is 116 Å². The molecule has 1 spiro atoms. The van der Waals surface area contributed by atoms with Crippen LogP contribution in [0.1, 0.15) is 46.4 Å². The Balaban J connectivity index is 1.76. The maximum atomic E-state index is 13.3. The zero-order valence-corrected chi connectivity index (χ0v) is 17.3. The van der Waals surface area contributed by atoms with Gasteiger partial charge in [-0.05, 0) is 32.8 Å². The van der Waals surface area contributed by atoms with E-state index in [4.69, 9.17) is 0 Å². The average molecular weight is 403 g/mol. The van der Waals surface area contributed by atoms with Gasteiger partial charge in [0.25, 0.3) is 5.91 Å². The van der Waals surface area contributed by atoms with E-state index in [9.17, 15) is 19.5 Å². The van der Waals surface area contributed by atoms with E-state index in [2.05, 4.69) is 15.3 Å². The van der Waals surface area contributed by atoms with Crippen LogP contribution in [0.25, 0.3) is 0 Å². The van der Waals surface area contributed by atoms with Crippen molar-refractivity contribution in [3.05, 3.63) is 24.3 Å². The second-order valence-corrected chi connectivity index (χ2v) is 8.13. The minimum absolute atomic E-state index is 0.0541. The number of aromatic nitrogens is 2. The first kappa shape index (κ1) is 21.2. The third-order valence-corrected chi connectivity index (χ3v) is 5.96. The van der Waals surface area contributed by atoms with E-state index in [1.165, 1.54) is 11.8 Å². The number of hydrogen-bond donors (Lipinski definition) is 2. The predicted octanol–water partition coefficient (Wildman–Crippen LogP) is 0.0901. The zero-order chi connectivity index (χ0) is 21.3. The molecule has 3 heterocycles. The van der Waals surface area contributed by atoms with Crippen molar-refractivity contribution in [3.8, 4) is 0 Å². The Bertz CT molecular complexity index is 784. The number of β-lactam (4-membered cyclic amide) rings is 1. The molecule has 9 nitrogen and oxygen atoms in total. The van der Waals surface area contributed by atoms with Crippen molar-refractivity contribution >= 4 is 17.7 Å². The number of likely N-dealkylation sites (tertiary alicyclic amines) is 2. The summed E-state index contributed by atoms with van der Waals surface area (Å²) in [5.74, 6) is -0.563. The van der Waals surface area contributed by atoms with Crippen molar-refractivity contribution in [2.24, 2.45) is 5.92 Å². The standard InChI is InChI=1S/C20H29N5O4/c1-12(2)18(28)24-10-5-7-20(24)14(4)25(19(20)29)16(13(3)26)17(27)23-11-15-21-8-6-9-22-15/h6,8-9,12-14,16,26H,5,7,10-11H2,1-4H3,(H,23,27). The van der Waals surface area contributed by atoms with E-state index in [1.807, 2.05) is 20.8 Å².